The van der Waals surface area contributed by atoms with Crippen molar-refractivity contribution >= 4 is 11.9 Å². The van der Waals surface area contributed by atoms with Crippen LogP contribution in [-0.2, 0) is 4.74 Å². The lowest BCUT2D eigenvalue weighted by Gasteiger charge is -2.35. The van der Waals surface area contributed by atoms with Crippen molar-refractivity contribution in [1.82, 2.24) is 10.6 Å². The maximum Gasteiger partial charge on any atom is 0.388 e. The minimum atomic E-state index is -3.01. The molecule has 0 aromatic rings. The van der Waals surface area contributed by atoms with Crippen LogP contribution in [0.1, 0.15) is 12.8 Å². The van der Waals surface area contributed by atoms with E-state index in [0.29, 0.717) is 5.57 Å². The second kappa shape index (κ2) is 9.16. The van der Waals surface area contributed by atoms with Gasteiger partial charge in [0.05, 0.1) is 0 Å². The van der Waals surface area contributed by atoms with Gasteiger partial charge < -0.3 is 15.4 Å². The van der Waals surface area contributed by atoms with Crippen molar-refractivity contribution in [3.63, 3.8) is 0 Å². The Morgan fingerprint density at radius 1 is 1.39 bits per heavy atom. The number of hydrogen-bond donors (Lipinski definition) is 2. The van der Waals surface area contributed by atoms with Gasteiger partial charge in [0, 0.05) is 31.6 Å². The Morgan fingerprint density at radius 2 is 2.04 bits per heavy atom. The highest BCUT2D eigenvalue weighted by Gasteiger charge is 2.36. The second-order valence-electron chi connectivity index (χ2n) is 4.95. The average Bonchev–Trinajstić information content (AvgIpc) is 2.44. The summed E-state index contributed by atoms with van der Waals surface area (Å²) < 4.78 is 53.0. The van der Waals surface area contributed by atoms with Gasteiger partial charge in [-0.2, -0.15) is 8.78 Å². The van der Waals surface area contributed by atoms with Crippen LogP contribution in [0.5, 0.6) is 0 Å². The quantitative estimate of drug-likeness (QED) is 0.325. The summed E-state index contributed by atoms with van der Waals surface area (Å²) in [7, 11) is 1.28. The zero-order valence-electron chi connectivity index (χ0n) is 12.6. The first kappa shape index (κ1) is 19.0. The third kappa shape index (κ3) is 6.70. The van der Waals surface area contributed by atoms with E-state index in [1.165, 1.54) is 19.2 Å². The van der Waals surface area contributed by atoms with E-state index in [1.54, 1.807) is 0 Å². The van der Waals surface area contributed by atoms with Crippen molar-refractivity contribution in [2.75, 3.05) is 13.6 Å². The fraction of sp³-hybridized carbons (Fsp3) is 0.571. The van der Waals surface area contributed by atoms with Gasteiger partial charge in [-0.25, -0.2) is 13.6 Å². The van der Waals surface area contributed by atoms with Crippen LogP contribution in [0.3, 0.4) is 0 Å². The van der Waals surface area contributed by atoms with Crippen LogP contribution >= 0.6 is 0 Å². The summed E-state index contributed by atoms with van der Waals surface area (Å²) in [5.41, 5.74) is 0.403. The van der Waals surface area contributed by atoms with E-state index in [0.717, 1.165) is 0 Å². The van der Waals surface area contributed by atoms with E-state index in [1.807, 2.05) is 0 Å². The molecule has 1 aliphatic rings. The van der Waals surface area contributed by atoms with Gasteiger partial charge in [-0.1, -0.05) is 12.7 Å². The molecule has 0 atom stereocenters. The molecule has 5 nitrogen and oxygen atoms in total. The molecule has 0 bridgehead atoms. The predicted molar refractivity (Wildman–Crippen MR) is 77.8 cm³/mol. The Hall–Kier alpha value is -2.06. The molecule has 1 fully saturated rings. The molecule has 2 N–H and O–H groups in total. The molecule has 0 unspecified atom stereocenters. The van der Waals surface area contributed by atoms with Gasteiger partial charge in [-0.3, -0.25) is 4.99 Å². The van der Waals surface area contributed by atoms with Crippen LogP contribution in [0.25, 0.3) is 0 Å². The molecular formula is C14H19F4N3O2. The number of ether oxygens (including phenoxy) is 1. The van der Waals surface area contributed by atoms with Gasteiger partial charge in [-0.15, -0.1) is 0 Å². The summed E-state index contributed by atoms with van der Waals surface area (Å²) in [6.45, 7) is 0.502. The summed E-state index contributed by atoms with van der Waals surface area (Å²) >= 11 is 0. The molecule has 9 heteroatoms. The van der Waals surface area contributed by atoms with Gasteiger partial charge in [0.1, 0.15) is 0 Å². The third-order valence-corrected chi connectivity index (χ3v) is 3.32. The van der Waals surface area contributed by atoms with E-state index in [9.17, 15) is 22.4 Å². The molecule has 0 saturated heterocycles. The van der Waals surface area contributed by atoms with Crippen LogP contribution in [0, 0.1) is 5.92 Å². The Labute approximate surface area is 131 Å². The van der Waals surface area contributed by atoms with E-state index in [4.69, 9.17) is 0 Å². The largest absolute Gasteiger partial charge is 0.417 e. The number of halogens is 4. The van der Waals surface area contributed by atoms with Crippen LogP contribution in [0.4, 0.5) is 22.4 Å². The van der Waals surface area contributed by atoms with E-state index >= 15 is 0 Å². The number of hydrogen-bond acceptors (Lipinski definition) is 3. The maximum absolute atomic E-state index is 12.3. The lowest BCUT2D eigenvalue weighted by atomic mass is 9.81. The number of carbonyl (C=O) groups is 1. The molecule has 0 aromatic carbocycles. The molecule has 1 rings (SSSR count). The van der Waals surface area contributed by atoms with Gasteiger partial charge in [0.2, 0.25) is 12.3 Å². The van der Waals surface area contributed by atoms with E-state index in [-0.39, 0.29) is 31.3 Å². The molecule has 0 radical (unpaired) electrons. The fourth-order valence-electron chi connectivity index (χ4n) is 1.99. The Bertz CT molecular complexity index is 475. The Morgan fingerprint density at radius 3 is 2.52 bits per heavy atom. The lowest BCUT2D eigenvalue weighted by Crippen LogP contribution is -2.50. The number of amides is 2. The molecule has 0 aromatic heterocycles. The SMILES string of the molecule is C=C/C(=C\C(=NC)OC(F)F)CNC(=O)NC1CC(C(F)F)C1. The molecule has 0 heterocycles. The number of aliphatic imine (C=N–C) groups is 1. The first-order valence-electron chi connectivity index (χ1n) is 6.92. The van der Waals surface area contributed by atoms with Gasteiger partial charge in [0.25, 0.3) is 0 Å². The Balaban J connectivity index is 2.39. The number of carbonyl (C=O) groups excluding carboxylic acids is 1. The van der Waals surface area contributed by atoms with E-state index in [2.05, 4.69) is 26.9 Å². The molecule has 2 amide bonds. The normalized spacial score (nSPS) is 21.9. The highest BCUT2D eigenvalue weighted by atomic mass is 19.3. The first-order valence-corrected chi connectivity index (χ1v) is 6.92. The first-order chi connectivity index (χ1) is 10.8. The van der Waals surface area contributed by atoms with Gasteiger partial charge >= 0.3 is 12.6 Å². The number of rotatable bonds is 7. The lowest BCUT2D eigenvalue weighted by molar-refractivity contribution is -0.0594. The molecule has 0 aliphatic heterocycles. The van der Waals surface area contributed by atoms with Crippen molar-refractivity contribution < 1.29 is 27.1 Å². The van der Waals surface area contributed by atoms with Crippen molar-refractivity contribution in [2.24, 2.45) is 10.9 Å². The summed E-state index contributed by atoms with van der Waals surface area (Å²) in [6, 6.07) is -0.805. The number of urea groups is 1. The highest BCUT2D eigenvalue weighted by molar-refractivity contribution is 5.89. The topological polar surface area (TPSA) is 62.7 Å². The van der Waals surface area contributed by atoms with Crippen LogP contribution in [0.15, 0.2) is 29.3 Å². The number of nitrogens with zero attached hydrogens (tertiary/aromatic N) is 1. The average molecular weight is 337 g/mol. The Kier molecular flexibility index (Phi) is 7.56. The van der Waals surface area contributed by atoms with Crippen LogP contribution in [0.2, 0.25) is 0 Å². The summed E-state index contributed by atoms with van der Waals surface area (Å²) in [4.78, 5) is 15.2. The highest BCUT2D eigenvalue weighted by Crippen LogP contribution is 2.32. The summed E-state index contributed by atoms with van der Waals surface area (Å²) in [5, 5.41) is 5.04. The van der Waals surface area contributed by atoms with Crippen LogP contribution in [-0.4, -0.2) is 44.6 Å². The third-order valence-electron chi connectivity index (χ3n) is 3.32. The number of alkyl halides is 4. The monoisotopic (exact) mass is 337 g/mol. The maximum atomic E-state index is 12.3. The zero-order chi connectivity index (χ0) is 17.4. The summed E-state index contributed by atoms with van der Waals surface area (Å²) in [5.74, 6) is -0.963. The standard InChI is InChI=1S/C14H19F4N3O2/c1-3-8(4-11(19-2)23-13(17)18)7-20-14(22)21-10-5-9(6-10)12(15)16/h3-4,9-10,12-13H,1,5-7H2,2H3,(H2,20,21,22)/b8-4+,19-11?. The summed E-state index contributed by atoms with van der Waals surface area (Å²) in [6.07, 6.45) is 0.688. The van der Waals surface area contributed by atoms with Gasteiger partial charge in [0.15, 0.2) is 0 Å². The van der Waals surface area contributed by atoms with Crippen molar-refractivity contribution in [3.8, 4) is 0 Å². The van der Waals surface area contributed by atoms with Crippen LogP contribution < -0.4 is 10.6 Å². The second-order valence-corrected chi connectivity index (χ2v) is 4.95. The smallest absolute Gasteiger partial charge is 0.388 e. The van der Waals surface area contributed by atoms with E-state index < -0.39 is 25.0 Å². The molecule has 130 valence electrons. The minimum absolute atomic E-state index is 0.00590. The predicted octanol–water partition coefficient (Wildman–Crippen LogP) is 2.71. The van der Waals surface area contributed by atoms with Crippen molar-refractivity contribution in [1.29, 1.82) is 0 Å². The molecule has 1 aliphatic carbocycles. The fourth-order valence-corrected chi connectivity index (χ4v) is 1.99. The molecule has 23 heavy (non-hydrogen) atoms. The zero-order valence-corrected chi connectivity index (χ0v) is 12.6. The molecule has 1 saturated carbocycles. The molecule has 0 spiro atoms. The van der Waals surface area contributed by atoms with Gasteiger partial charge in [-0.05, 0) is 18.4 Å². The minimum Gasteiger partial charge on any atom is -0.417 e. The number of nitrogens with one attached hydrogen (secondary N) is 2. The van der Waals surface area contributed by atoms with Crippen molar-refractivity contribution in [3.05, 3.63) is 24.3 Å². The molecular weight excluding hydrogens is 318 g/mol. The van der Waals surface area contributed by atoms with Crippen molar-refractivity contribution in [2.45, 2.75) is 31.9 Å².